The van der Waals surface area contributed by atoms with Crippen molar-refractivity contribution < 1.29 is 13.9 Å². The van der Waals surface area contributed by atoms with E-state index < -0.39 is 0 Å². The number of anilines is 1. The summed E-state index contributed by atoms with van der Waals surface area (Å²) < 4.78 is 12.7. The van der Waals surface area contributed by atoms with Gasteiger partial charge in [0.05, 0.1) is 22.9 Å². The molecule has 5 nitrogen and oxygen atoms in total. The molecule has 0 N–H and O–H groups in total. The lowest BCUT2D eigenvalue weighted by atomic mass is 10.2. The van der Waals surface area contributed by atoms with Gasteiger partial charge in [-0.2, -0.15) is 0 Å². The van der Waals surface area contributed by atoms with E-state index >= 15 is 0 Å². The maximum Gasteiger partial charge on any atom is 0.295 e. The van der Waals surface area contributed by atoms with Crippen LogP contribution in [0.25, 0.3) is 10.2 Å². The summed E-state index contributed by atoms with van der Waals surface area (Å²) in [5.41, 5.74) is 1.85. The average molecular weight is 456 g/mol. The van der Waals surface area contributed by atoms with Gasteiger partial charge in [-0.3, -0.25) is 9.69 Å². The Labute approximate surface area is 168 Å². The molecule has 8 heteroatoms. The van der Waals surface area contributed by atoms with Crippen molar-refractivity contribution in [2.24, 2.45) is 0 Å². The zero-order chi connectivity index (χ0) is 18.3. The van der Waals surface area contributed by atoms with E-state index in [2.05, 4.69) is 15.9 Å². The molecular weight excluding hydrogens is 440 g/mol. The maximum absolute atomic E-state index is 13.1. The van der Waals surface area contributed by atoms with E-state index in [9.17, 15) is 4.79 Å². The topological polar surface area (TPSA) is 55.6 Å². The lowest BCUT2D eigenvalue weighted by Crippen LogP contribution is -2.37. The highest BCUT2D eigenvalue weighted by molar-refractivity contribution is 9.10. The van der Waals surface area contributed by atoms with Gasteiger partial charge in [0.25, 0.3) is 5.91 Å². The highest BCUT2D eigenvalue weighted by Gasteiger charge is 2.28. The lowest BCUT2D eigenvalue weighted by molar-refractivity contribution is 0.0894. The molecule has 1 aliphatic heterocycles. The number of aromatic nitrogens is 1. The highest BCUT2D eigenvalue weighted by atomic mass is 79.9. The summed E-state index contributed by atoms with van der Waals surface area (Å²) in [5, 5.41) is 1.29. The Morgan fingerprint density at radius 2 is 2.31 bits per heavy atom. The minimum Gasteiger partial charge on any atom is -0.444 e. The second kappa shape index (κ2) is 7.31. The number of halogens is 2. The van der Waals surface area contributed by atoms with Crippen LogP contribution in [0.5, 0.6) is 0 Å². The van der Waals surface area contributed by atoms with Crippen molar-refractivity contribution in [2.45, 2.75) is 25.9 Å². The van der Waals surface area contributed by atoms with E-state index in [1.165, 1.54) is 11.3 Å². The number of furan rings is 1. The number of fused-ring (bicyclic) bond motifs is 1. The van der Waals surface area contributed by atoms with E-state index in [0.29, 0.717) is 21.4 Å². The second-order valence-corrected chi connectivity index (χ2v) is 8.45. The van der Waals surface area contributed by atoms with Gasteiger partial charge < -0.3 is 9.15 Å². The van der Waals surface area contributed by atoms with Crippen LogP contribution in [0.2, 0.25) is 5.02 Å². The lowest BCUT2D eigenvalue weighted by Gasteiger charge is -2.22. The van der Waals surface area contributed by atoms with Gasteiger partial charge in [-0.15, -0.1) is 0 Å². The number of carbonyl (C=O) groups excluding carboxylic acids is 1. The normalized spacial score (nSPS) is 17.1. The fourth-order valence-corrected chi connectivity index (χ4v) is 4.79. The molecule has 1 saturated heterocycles. The van der Waals surface area contributed by atoms with Crippen LogP contribution >= 0.6 is 38.9 Å². The number of rotatable bonds is 4. The van der Waals surface area contributed by atoms with Crippen LogP contribution in [0, 0.1) is 6.92 Å². The van der Waals surface area contributed by atoms with Gasteiger partial charge in [-0.05, 0) is 65.5 Å². The third-order valence-electron chi connectivity index (χ3n) is 4.31. The van der Waals surface area contributed by atoms with Gasteiger partial charge in [0, 0.05) is 11.6 Å². The van der Waals surface area contributed by atoms with Crippen LogP contribution in [0.1, 0.15) is 29.0 Å². The largest absolute Gasteiger partial charge is 0.444 e. The zero-order valence-electron chi connectivity index (χ0n) is 14.0. The minimum absolute atomic E-state index is 0.00838. The van der Waals surface area contributed by atoms with Crippen molar-refractivity contribution in [1.29, 1.82) is 0 Å². The van der Waals surface area contributed by atoms with Crippen molar-refractivity contribution in [2.75, 3.05) is 18.1 Å². The molecule has 0 aliphatic carbocycles. The number of ether oxygens (including phenoxy) is 1. The molecule has 0 saturated carbocycles. The first kappa shape index (κ1) is 18.0. The molecule has 1 aromatic carbocycles. The van der Waals surface area contributed by atoms with E-state index in [-0.39, 0.29) is 17.8 Å². The van der Waals surface area contributed by atoms with Crippen molar-refractivity contribution >= 4 is 60.1 Å². The molecule has 0 bridgehead atoms. The smallest absolute Gasteiger partial charge is 0.295 e. The molecule has 1 atom stereocenters. The average Bonchev–Trinajstić information content (AvgIpc) is 3.32. The highest BCUT2D eigenvalue weighted by Crippen LogP contribution is 2.34. The van der Waals surface area contributed by atoms with Gasteiger partial charge >= 0.3 is 0 Å². The molecule has 3 heterocycles. The quantitative estimate of drug-likeness (QED) is 0.526. The molecule has 2 aromatic heterocycles. The Morgan fingerprint density at radius 1 is 1.46 bits per heavy atom. The first-order chi connectivity index (χ1) is 12.5. The Balaban J connectivity index is 1.74. The fraction of sp³-hybridized carbons (Fsp3) is 0.333. The van der Waals surface area contributed by atoms with Crippen LogP contribution in [0.15, 0.2) is 33.4 Å². The number of carbonyl (C=O) groups is 1. The summed E-state index contributed by atoms with van der Waals surface area (Å²) in [6, 6.07) is 7.12. The molecule has 0 spiro atoms. The number of benzene rings is 1. The Kier molecular flexibility index (Phi) is 5.05. The third kappa shape index (κ3) is 3.53. The van der Waals surface area contributed by atoms with Crippen molar-refractivity contribution in [3.8, 4) is 0 Å². The van der Waals surface area contributed by atoms with Crippen LogP contribution in [-0.2, 0) is 4.74 Å². The monoisotopic (exact) mass is 454 g/mol. The Bertz CT molecular complexity index is 965. The molecule has 136 valence electrons. The maximum atomic E-state index is 13.1. The minimum atomic E-state index is -0.228. The van der Waals surface area contributed by atoms with Gasteiger partial charge in [-0.25, -0.2) is 4.98 Å². The molecule has 1 amide bonds. The summed E-state index contributed by atoms with van der Waals surface area (Å²) in [5.74, 6) is 0.0397. The van der Waals surface area contributed by atoms with Crippen molar-refractivity contribution in [1.82, 2.24) is 4.98 Å². The van der Waals surface area contributed by atoms with Crippen LogP contribution in [0.3, 0.4) is 0 Å². The number of hydrogen-bond acceptors (Lipinski definition) is 5. The summed E-state index contributed by atoms with van der Waals surface area (Å²) in [4.78, 5) is 19.4. The molecule has 4 rings (SSSR count). The van der Waals surface area contributed by atoms with Gasteiger partial charge in [-0.1, -0.05) is 22.9 Å². The Morgan fingerprint density at radius 3 is 3.00 bits per heavy atom. The fourth-order valence-electron chi connectivity index (χ4n) is 3.06. The number of thiazole rings is 1. The van der Waals surface area contributed by atoms with Crippen LogP contribution in [0.4, 0.5) is 5.13 Å². The van der Waals surface area contributed by atoms with E-state index in [4.69, 9.17) is 25.7 Å². The number of amides is 1. The molecule has 0 radical (unpaired) electrons. The predicted molar refractivity (Wildman–Crippen MR) is 106 cm³/mol. The summed E-state index contributed by atoms with van der Waals surface area (Å²) in [6.07, 6.45) is 1.95. The number of nitrogens with zero attached hydrogens (tertiary/aromatic N) is 2. The standard InChI is InChI=1S/C18H16BrClN2O3S/c1-10-7-11(20)8-14-16(10)21-18(26-14)22(9-12-3-2-6-24-12)17(23)13-4-5-15(19)25-13/h4-5,7-8,12H,2-3,6,9H2,1H3. The van der Waals surface area contributed by atoms with Crippen molar-refractivity contribution in [3.05, 3.63) is 45.3 Å². The summed E-state index contributed by atoms with van der Waals surface area (Å²) in [7, 11) is 0. The molecule has 1 unspecified atom stereocenters. The first-order valence-electron chi connectivity index (χ1n) is 8.27. The second-order valence-electron chi connectivity index (χ2n) is 6.22. The molecular formula is C18H16BrClN2O3S. The summed E-state index contributed by atoms with van der Waals surface area (Å²) >= 11 is 10.9. The van der Waals surface area contributed by atoms with Crippen LogP contribution in [-0.4, -0.2) is 30.1 Å². The molecule has 26 heavy (non-hydrogen) atoms. The number of hydrogen-bond donors (Lipinski definition) is 0. The van der Waals surface area contributed by atoms with Crippen molar-refractivity contribution in [3.63, 3.8) is 0 Å². The first-order valence-corrected chi connectivity index (χ1v) is 10.3. The Hall–Kier alpha value is -1.41. The van der Waals surface area contributed by atoms with Gasteiger partial charge in [0.2, 0.25) is 0 Å². The SMILES string of the molecule is Cc1cc(Cl)cc2sc(N(CC3CCCO3)C(=O)c3ccc(Br)o3)nc12. The van der Waals surface area contributed by atoms with E-state index in [1.54, 1.807) is 17.0 Å². The van der Waals surface area contributed by atoms with Crippen LogP contribution < -0.4 is 4.90 Å². The predicted octanol–water partition coefficient (Wildman–Crippen LogP) is 5.44. The van der Waals surface area contributed by atoms with E-state index in [0.717, 1.165) is 35.2 Å². The molecule has 3 aromatic rings. The zero-order valence-corrected chi connectivity index (χ0v) is 17.2. The van der Waals surface area contributed by atoms with Gasteiger partial charge in [0.15, 0.2) is 15.6 Å². The van der Waals surface area contributed by atoms with E-state index in [1.807, 2.05) is 19.1 Å². The summed E-state index contributed by atoms with van der Waals surface area (Å²) in [6.45, 7) is 3.14. The molecule has 1 aliphatic rings. The number of aryl methyl sites for hydroxylation is 1. The molecule has 1 fully saturated rings. The van der Waals surface area contributed by atoms with Gasteiger partial charge in [0.1, 0.15) is 0 Å². The third-order valence-corrected chi connectivity index (χ3v) is 5.98.